The predicted octanol–water partition coefficient (Wildman–Crippen LogP) is -1.93. The molecular weight excluding hydrogens is 256 g/mol. The minimum atomic E-state index is -1.39. The highest BCUT2D eigenvalue weighted by Crippen LogP contribution is 2.19. The van der Waals surface area contributed by atoms with Crippen molar-refractivity contribution in [1.82, 2.24) is 10.6 Å². The number of amides is 2. The molecule has 0 radical (unpaired) electrons. The summed E-state index contributed by atoms with van der Waals surface area (Å²) in [6.07, 6.45) is -1.48. The summed E-state index contributed by atoms with van der Waals surface area (Å²) in [6, 6.07) is 0. The lowest BCUT2D eigenvalue weighted by atomic mass is 9.87. The van der Waals surface area contributed by atoms with E-state index in [1.54, 1.807) is 0 Å². The maximum atomic E-state index is 11.5. The first kappa shape index (κ1) is 17.3. The zero-order chi connectivity index (χ0) is 15.1. The highest BCUT2D eigenvalue weighted by atomic mass is 16.4. The molecule has 5 N–H and O–H groups in total. The number of carboxylic acid groups (broad SMARTS) is 1. The van der Waals surface area contributed by atoms with Crippen LogP contribution in [0.25, 0.3) is 0 Å². The normalized spacial score (nSPS) is 12.6. The SMILES string of the molecule is CC(C)(CO)[C@@H](O)C(=O)NCCC(=O)NCC(=O)O. The molecule has 2 amide bonds. The average molecular weight is 276 g/mol. The average Bonchev–Trinajstić information content (AvgIpc) is 2.35. The summed E-state index contributed by atoms with van der Waals surface area (Å²) < 4.78 is 0. The van der Waals surface area contributed by atoms with Crippen molar-refractivity contribution in [3.8, 4) is 0 Å². The third-order valence-corrected chi connectivity index (χ3v) is 2.48. The van der Waals surface area contributed by atoms with Gasteiger partial charge in [0.1, 0.15) is 12.6 Å². The first-order valence-corrected chi connectivity index (χ1v) is 5.76. The second-order valence-corrected chi connectivity index (χ2v) is 4.76. The first-order valence-electron chi connectivity index (χ1n) is 5.76. The van der Waals surface area contributed by atoms with Gasteiger partial charge in [-0.25, -0.2) is 0 Å². The Labute approximate surface area is 110 Å². The Bertz CT molecular complexity index is 342. The monoisotopic (exact) mass is 276 g/mol. The summed E-state index contributed by atoms with van der Waals surface area (Å²) in [4.78, 5) is 32.8. The van der Waals surface area contributed by atoms with Crippen molar-refractivity contribution >= 4 is 17.8 Å². The van der Waals surface area contributed by atoms with Crippen molar-refractivity contribution in [2.75, 3.05) is 19.7 Å². The number of aliphatic carboxylic acids is 1. The van der Waals surface area contributed by atoms with E-state index in [0.29, 0.717) is 0 Å². The zero-order valence-corrected chi connectivity index (χ0v) is 11.0. The number of hydrogen-bond acceptors (Lipinski definition) is 5. The Hall–Kier alpha value is -1.67. The summed E-state index contributed by atoms with van der Waals surface area (Å²) in [5.41, 5.74) is -0.977. The molecule has 110 valence electrons. The number of nitrogens with one attached hydrogen (secondary N) is 2. The molecule has 8 heteroatoms. The Kier molecular flexibility index (Phi) is 7.02. The molecule has 0 bridgehead atoms. The van der Waals surface area contributed by atoms with E-state index in [-0.39, 0.29) is 19.6 Å². The van der Waals surface area contributed by atoms with Gasteiger partial charge in [-0.2, -0.15) is 0 Å². The lowest BCUT2D eigenvalue weighted by molar-refractivity contribution is -0.138. The van der Waals surface area contributed by atoms with E-state index in [2.05, 4.69) is 10.6 Å². The quantitative estimate of drug-likeness (QED) is 0.350. The van der Waals surface area contributed by atoms with Gasteiger partial charge in [-0.15, -0.1) is 0 Å². The van der Waals surface area contributed by atoms with E-state index in [4.69, 9.17) is 10.2 Å². The van der Waals surface area contributed by atoms with E-state index in [1.807, 2.05) is 0 Å². The van der Waals surface area contributed by atoms with Crippen LogP contribution in [0.3, 0.4) is 0 Å². The van der Waals surface area contributed by atoms with Crippen LogP contribution in [0.4, 0.5) is 0 Å². The molecule has 0 aliphatic heterocycles. The fourth-order valence-electron chi connectivity index (χ4n) is 1.10. The van der Waals surface area contributed by atoms with Gasteiger partial charge in [-0.1, -0.05) is 13.8 Å². The van der Waals surface area contributed by atoms with Crippen molar-refractivity contribution < 1.29 is 29.7 Å². The highest BCUT2D eigenvalue weighted by molar-refractivity contribution is 5.83. The summed E-state index contributed by atoms with van der Waals surface area (Å²) in [7, 11) is 0. The number of carboxylic acids is 1. The molecule has 0 aromatic rings. The Balaban J connectivity index is 3.98. The van der Waals surface area contributed by atoms with Crippen molar-refractivity contribution in [3.05, 3.63) is 0 Å². The molecule has 0 heterocycles. The third kappa shape index (κ3) is 6.73. The van der Waals surface area contributed by atoms with Crippen molar-refractivity contribution in [1.29, 1.82) is 0 Å². The van der Waals surface area contributed by atoms with Crippen LogP contribution in [-0.2, 0) is 14.4 Å². The lowest BCUT2D eigenvalue weighted by Crippen LogP contribution is -2.46. The Morgan fingerprint density at radius 1 is 1.21 bits per heavy atom. The second-order valence-electron chi connectivity index (χ2n) is 4.76. The molecule has 0 saturated carbocycles. The van der Waals surface area contributed by atoms with Gasteiger partial charge in [0, 0.05) is 18.4 Å². The van der Waals surface area contributed by atoms with Crippen LogP contribution >= 0.6 is 0 Å². The summed E-state index contributed by atoms with van der Waals surface area (Å²) in [5, 5.41) is 31.4. The van der Waals surface area contributed by atoms with Crippen molar-refractivity contribution in [2.45, 2.75) is 26.4 Å². The van der Waals surface area contributed by atoms with Crippen molar-refractivity contribution in [3.63, 3.8) is 0 Å². The molecular formula is C11H20N2O6. The number of hydrogen-bond donors (Lipinski definition) is 5. The molecule has 0 unspecified atom stereocenters. The van der Waals surface area contributed by atoms with Crippen molar-refractivity contribution in [2.24, 2.45) is 5.41 Å². The fraction of sp³-hybridized carbons (Fsp3) is 0.727. The fourth-order valence-corrected chi connectivity index (χ4v) is 1.10. The van der Waals surface area contributed by atoms with Gasteiger partial charge in [-0.3, -0.25) is 14.4 Å². The van der Waals surface area contributed by atoms with Crippen LogP contribution in [0.1, 0.15) is 20.3 Å². The molecule has 0 spiro atoms. The largest absolute Gasteiger partial charge is 0.480 e. The minimum Gasteiger partial charge on any atom is -0.480 e. The molecule has 0 aromatic carbocycles. The number of rotatable bonds is 8. The van der Waals surface area contributed by atoms with Gasteiger partial charge in [0.15, 0.2) is 0 Å². The molecule has 0 fully saturated rings. The molecule has 0 aliphatic carbocycles. The van der Waals surface area contributed by atoms with Crippen LogP contribution in [0.15, 0.2) is 0 Å². The molecule has 0 aromatic heterocycles. The van der Waals surface area contributed by atoms with Gasteiger partial charge in [0.05, 0.1) is 6.61 Å². The number of aliphatic hydroxyl groups excluding tert-OH is 2. The third-order valence-electron chi connectivity index (χ3n) is 2.48. The van der Waals surface area contributed by atoms with Crippen LogP contribution in [-0.4, -0.2) is 58.9 Å². The molecule has 19 heavy (non-hydrogen) atoms. The minimum absolute atomic E-state index is 0.0249. The maximum Gasteiger partial charge on any atom is 0.322 e. The van der Waals surface area contributed by atoms with Gasteiger partial charge < -0.3 is 26.0 Å². The molecule has 0 rings (SSSR count). The van der Waals surface area contributed by atoms with E-state index in [9.17, 15) is 19.5 Å². The second kappa shape index (κ2) is 7.70. The van der Waals surface area contributed by atoms with Crippen LogP contribution in [0, 0.1) is 5.41 Å². The standard InChI is InChI=1S/C11H20N2O6/c1-11(2,6-14)9(18)10(19)12-4-3-7(15)13-5-8(16)17/h9,14,18H,3-6H2,1-2H3,(H,12,19)(H,13,15)(H,16,17)/t9-/m0/s1. The van der Waals surface area contributed by atoms with Gasteiger partial charge in [0.25, 0.3) is 0 Å². The van der Waals surface area contributed by atoms with E-state index in [0.717, 1.165) is 0 Å². The summed E-state index contributed by atoms with van der Waals surface area (Å²) >= 11 is 0. The summed E-state index contributed by atoms with van der Waals surface area (Å²) in [6.45, 7) is 2.18. The Morgan fingerprint density at radius 2 is 1.79 bits per heavy atom. The van der Waals surface area contributed by atoms with Crippen LogP contribution in [0.2, 0.25) is 0 Å². The van der Waals surface area contributed by atoms with Gasteiger partial charge in [0.2, 0.25) is 11.8 Å². The topological polar surface area (TPSA) is 136 Å². The number of aliphatic hydroxyl groups is 2. The molecule has 8 nitrogen and oxygen atoms in total. The summed E-state index contributed by atoms with van der Waals surface area (Å²) in [5.74, 6) is -2.36. The highest BCUT2D eigenvalue weighted by Gasteiger charge is 2.32. The molecule has 0 aliphatic rings. The zero-order valence-electron chi connectivity index (χ0n) is 11.0. The van der Waals surface area contributed by atoms with E-state index >= 15 is 0 Å². The lowest BCUT2D eigenvalue weighted by Gasteiger charge is -2.27. The smallest absolute Gasteiger partial charge is 0.322 e. The van der Waals surface area contributed by atoms with Crippen LogP contribution < -0.4 is 10.6 Å². The Morgan fingerprint density at radius 3 is 2.26 bits per heavy atom. The maximum absolute atomic E-state index is 11.5. The van der Waals surface area contributed by atoms with Crippen LogP contribution in [0.5, 0.6) is 0 Å². The molecule has 0 saturated heterocycles. The van der Waals surface area contributed by atoms with E-state index in [1.165, 1.54) is 13.8 Å². The number of carbonyl (C=O) groups is 3. The number of carbonyl (C=O) groups excluding carboxylic acids is 2. The van der Waals surface area contributed by atoms with Gasteiger partial charge in [-0.05, 0) is 0 Å². The predicted molar refractivity (Wildman–Crippen MR) is 65.1 cm³/mol. The molecule has 1 atom stereocenters. The first-order chi connectivity index (χ1) is 8.70. The van der Waals surface area contributed by atoms with Gasteiger partial charge >= 0.3 is 5.97 Å². The van der Waals surface area contributed by atoms with E-state index < -0.39 is 35.8 Å².